The molecule has 1 aromatic heterocycles. The fraction of sp³-hybridized carbons (Fsp3) is 0.273. The fourth-order valence-electron chi connectivity index (χ4n) is 3.75. The van der Waals surface area contributed by atoms with Gasteiger partial charge in [-0.2, -0.15) is 0 Å². The molecule has 1 aliphatic heterocycles. The number of alkyl halides is 1. The number of halogens is 1. The second-order valence-corrected chi connectivity index (χ2v) is 10.2. The summed E-state index contributed by atoms with van der Waals surface area (Å²) in [5, 5.41) is 16.4. The lowest BCUT2D eigenvalue weighted by Gasteiger charge is -2.25. The van der Waals surface area contributed by atoms with Crippen LogP contribution in [0.3, 0.4) is 0 Å². The molecule has 2 atom stereocenters. The number of hydrogen-bond acceptors (Lipinski definition) is 5. The molecule has 0 radical (unpaired) electrons. The molecule has 0 saturated heterocycles. The van der Waals surface area contributed by atoms with Gasteiger partial charge in [-0.15, -0.1) is 11.6 Å². The van der Waals surface area contributed by atoms with Gasteiger partial charge in [0, 0.05) is 47.4 Å². The average molecular weight is 460 g/mol. The summed E-state index contributed by atoms with van der Waals surface area (Å²) < 4.78 is 0. The summed E-state index contributed by atoms with van der Waals surface area (Å²) in [6.07, 6.45) is 0.803. The molecule has 2 heterocycles. The minimum atomic E-state index is -0.956. The number of carbonyl (C=O) groups is 1. The van der Waals surface area contributed by atoms with Crippen molar-refractivity contribution in [2.24, 2.45) is 0 Å². The van der Waals surface area contributed by atoms with Gasteiger partial charge in [0.1, 0.15) is 5.03 Å². The van der Waals surface area contributed by atoms with Crippen LogP contribution in [0, 0.1) is 0 Å². The lowest BCUT2D eigenvalue weighted by atomic mass is 9.94. The van der Waals surface area contributed by atoms with Crippen LogP contribution in [0.4, 0.5) is 16.2 Å². The van der Waals surface area contributed by atoms with Gasteiger partial charge in [0.25, 0.3) is 0 Å². The first kappa shape index (κ1) is 21.2. The lowest BCUT2D eigenvalue weighted by Crippen LogP contribution is -2.34. The van der Waals surface area contributed by atoms with Gasteiger partial charge in [-0.05, 0) is 39.9 Å². The largest absolute Gasteiger partial charge is 0.465 e. The number of nitrogens with one attached hydrogen (secondary N) is 1. The van der Waals surface area contributed by atoms with Crippen LogP contribution in [0.2, 0.25) is 0 Å². The molecule has 1 aliphatic rings. The predicted molar refractivity (Wildman–Crippen MR) is 128 cm³/mol. The quantitative estimate of drug-likeness (QED) is 0.319. The van der Waals surface area contributed by atoms with E-state index in [1.807, 2.05) is 49.4 Å². The Bertz CT molecular complexity index is 1050. The molecule has 0 saturated carbocycles. The molecule has 30 heavy (non-hydrogen) atoms. The van der Waals surface area contributed by atoms with Gasteiger partial charge >= 0.3 is 6.09 Å². The number of amides is 1. The van der Waals surface area contributed by atoms with Crippen LogP contribution >= 0.6 is 33.2 Å². The van der Waals surface area contributed by atoms with Gasteiger partial charge < -0.3 is 10.4 Å². The number of fused-ring (bicyclic) bond motifs is 3. The van der Waals surface area contributed by atoms with Crippen molar-refractivity contribution in [3.63, 3.8) is 0 Å². The van der Waals surface area contributed by atoms with Crippen molar-refractivity contribution in [1.29, 1.82) is 0 Å². The SMILES string of the molecule is C[C@@H](CN(C(=O)O)c1cc2c(c3ccccc13)C(CCl)CN2)SSc1ccccn1. The Balaban J connectivity index is 1.63. The van der Waals surface area contributed by atoms with Crippen LogP contribution in [0.25, 0.3) is 10.8 Å². The molecule has 3 aromatic rings. The second kappa shape index (κ2) is 9.37. The van der Waals surface area contributed by atoms with Crippen molar-refractivity contribution in [1.82, 2.24) is 4.98 Å². The minimum absolute atomic E-state index is 0.0728. The van der Waals surface area contributed by atoms with E-state index in [-0.39, 0.29) is 11.2 Å². The Morgan fingerprint density at radius 1 is 1.30 bits per heavy atom. The lowest BCUT2D eigenvalue weighted by molar-refractivity contribution is 0.202. The Labute approximate surface area is 188 Å². The third-order valence-corrected chi connectivity index (χ3v) is 8.24. The van der Waals surface area contributed by atoms with E-state index in [2.05, 4.69) is 16.4 Å². The zero-order valence-corrected chi connectivity index (χ0v) is 18.8. The van der Waals surface area contributed by atoms with Crippen LogP contribution in [0.1, 0.15) is 18.4 Å². The van der Waals surface area contributed by atoms with Gasteiger partial charge in [-0.1, -0.05) is 48.0 Å². The number of aromatic nitrogens is 1. The number of nitrogens with zero attached hydrogens (tertiary/aromatic N) is 2. The van der Waals surface area contributed by atoms with E-state index in [0.717, 1.165) is 28.0 Å². The van der Waals surface area contributed by atoms with E-state index in [1.54, 1.807) is 27.8 Å². The summed E-state index contributed by atoms with van der Waals surface area (Å²) >= 11 is 6.19. The minimum Gasteiger partial charge on any atom is -0.465 e. The maximum absolute atomic E-state index is 12.2. The zero-order valence-electron chi connectivity index (χ0n) is 16.4. The predicted octanol–water partition coefficient (Wildman–Crippen LogP) is 6.30. The van der Waals surface area contributed by atoms with E-state index >= 15 is 0 Å². The Morgan fingerprint density at radius 2 is 2.07 bits per heavy atom. The molecule has 156 valence electrons. The normalized spacial score (nSPS) is 16.1. The molecule has 0 spiro atoms. The summed E-state index contributed by atoms with van der Waals surface area (Å²) in [7, 11) is 3.18. The molecule has 1 unspecified atom stereocenters. The molecule has 5 nitrogen and oxygen atoms in total. The molecule has 2 N–H and O–H groups in total. The van der Waals surface area contributed by atoms with Gasteiger partial charge in [0.15, 0.2) is 0 Å². The Morgan fingerprint density at radius 3 is 2.77 bits per heavy atom. The van der Waals surface area contributed by atoms with Crippen LogP contribution in [-0.4, -0.2) is 40.4 Å². The monoisotopic (exact) mass is 459 g/mol. The Kier molecular flexibility index (Phi) is 6.61. The first-order chi connectivity index (χ1) is 14.6. The van der Waals surface area contributed by atoms with Crippen molar-refractivity contribution < 1.29 is 9.90 Å². The molecule has 0 fully saturated rings. The standard InChI is InChI=1S/C22H22ClN3O2S2/c1-14(29-30-20-8-4-5-9-24-20)13-26(22(27)28)19-10-18-21(15(11-23)12-25-18)17-7-3-2-6-16(17)19/h2-10,14-15,25H,11-13H2,1H3,(H,27,28)/t14-,15?/m0/s1. The molecular formula is C22H22ClN3O2S2. The highest BCUT2D eigenvalue weighted by atomic mass is 35.5. The molecule has 0 aliphatic carbocycles. The van der Waals surface area contributed by atoms with Crippen LogP contribution in [0.15, 0.2) is 59.8 Å². The van der Waals surface area contributed by atoms with E-state index in [0.29, 0.717) is 18.1 Å². The summed E-state index contributed by atoms with van der Waals surface area (Å²) in [6, 6.07) is 15.7. The van der Waals surface area contributed by atoms with Crippen LogP contribution in [0.5, 0.6) is 0 Å². The fourth-order valence-corrected chi connectivity index (χ4v) is 5.99. The summed E-state index contributed by atoms with van der Waals surface area (Å²) in [5.74, 6) is 0.757. The van der Waals surface area contributed by atoms with Crippen molar-refractivity contribution in [2.75, 3.05) is 29.2 Å². The molecule has 4 rings (SSSR count). The van der Waals surface area contributed by atoms with E-state index < -0.39 is 6.09 Å². The van der Waals surface area contributed by atoms with Crippen LogP contribution in [-0.2, 0) is 0 Å². The molecule has 1 amide bonds. The van der Waals surface area contributed by atoms with E-state index in [9.17, 15) is 9.90 Å². The highest BCUT2D eigenvalue weighted by molar-refractivity contribution is 8.76. The molecule has 0 bridgehead atoms. The smallest absolute Gasteiger partial charge is 0.411 e. The third-order valence-electron chi connectivity index (χ3n) is 5.09. The van der Waals surface area contributed by atoms with Gasteiger partial charge in [-0.3, -0.25) is 4.90 Å². The zero-order chi connectivity index (χ0) is 21.1. The highest BCUT2D eigenvalue weighted by Gasteiger charge is 2.28. The summed E-state index contributed by atoms with van der Waals surface area (Å²) in [5.41, 5.74) is 2.86. The maximum atomic E-state index is 12.2. The first-order valence-corrected chi connectivity index (χ1v) is 12.4. The first-order valence-electron chi connectivity index (χ1n) is 9.68. The number of benzene rings is 2. The third kappa shape index (κ3) is 4.33. The number of rotatable bonds is 7. The number of pyridine rings is 1. The van der Waals surface area contributed by atoms with Gasteiger partial charge in [0.2, 0.25) is 0 Å². The van der Waals surface area contributed by atoms with Crippen molar-refractivity contribution in [3.8, 4) is 0 Å². The van der Waals surface area contributed by atoms with E-state index in [4.69, 9.17) is 11.6 Å². The Hall–Kier alpha value is -2.09. The maximum Gasteiger partial charge on any atom is 0.411 e. The molecule has 8 heteroatoms. The van der Waals surface area contributed by atoms with Gasteiger partial charge in [-0.25, -0.2) is 9.78 Å². The molecule has 2 aromatic carbocycles. The summed E-state index contributed by atoms with van der Waals surface area (Å²) in [4.78, 5) is 18.0. The van der Waals surface area contributed by atoms with Crippen LogP contribution < -0.4 is 10.2 Å². The second-order valence-electron chi connectivity index (χ2n) is 7.19. The number of carboxylic acid groups (broad SMARTS) is 1. The van der Waals surface area contributed by atoms with E-state index in [1.165, 1.54) is 10.5 Å². The average Bonchev–Trinajstić information content (AvgIpc) is 3.19. The topological polar surface area (TPSA) is 65.5 Å². The highest BCUT2D eigenvalue weighted by Crippen LogP contribution is 2.43. The number of anilines is 2. The summed E-state index contributed by atoms with van der Waals surface area (Å²) in [6.45, 7) is 3.18. The van der Waals surface area contributed by atoms with Crippen molar-refractivity contribution >= 4 is 61.4 Å². The van der Waals surface area contributed by atoms with Gasteiger partial charge in [0.05, 0.1) is 5.69 Å². The number of hydrogen-bond donors (Lipinski definition) is 2. The molecular weight excluding hydrogens is 438 g/mol. The van der Waals surface area contributed by atoms with Crippen molar-refractivity contribution in [2.45, 2.75) is 23.1 Å². The van der Waals surface area contributed by atoms with Crippen molar-refractivity contribution in [3.05, 3.63) is 60.3 Å².